The topological polar surface area (TPSA) is 116 Å². The maximum Gasteiger partial charge on any atom is 0.252 e. The fourth-order valence-corrected chi connectivity index (χ4v) is 4.20. The summed E-state index contributed by atoms with van der Waals surface area (Å²) in [4.78, 5) is 33.4. The zero-order chi connectivity index (χ0) is 34.2. The smallest absolute Gasteiger partial charge is 0.252 e. The van der Waals surface area contributed by atoms with E-state index in [1.54, 1.807) is 46.6 Å². The Morgan fingerprint density at radius 3 is 2.09 bits per heavy atom. The van der Waals surface area contributed by atoms with Crippen LogP contribution in [0.15, 0.2) is 80.8 Å². The maximum atomic E-state index is 12.8. The number of hydrogen-bond acceptors (Lipinski definition) is 7. The van der Waals surface area contributed by atoms with Gasteiger partial charge in [-0.05, 0) is 64.1 Å². The van der Waals surface area contributed by atoms with Gasteiger partial charge in [-0.15, -0.1) is 0 Å². The number of allylic oxidation sites excluding steroid dienone is 6. The maximum absolute atomic E-state index is 12.8. The molecule has 0 aromatic heterocycles. The van der Waals surface area contributed by atoms with Gasteiger partial charge in [0.05, 0.1) is 24.1 Å². The molecule has 0 radical (unpaired) electrons. The highest BCUT2D eigenvalue weighted by molar-refractivity contribution is 6.07. The Kier molecular flexibility index (Phi) is 22.6. The number of rotatable bonds is 14. The van der Waals surface area contributed by atoms with Crippen molar-refractivity contribution in [2.24, 2.45) is 21.8 Å². The number of hydrogen-bond donors (Lipinski definition) is 4. The van der Waals surface area contributed by atoms with Crippen molar-refractivity contribution in [2.75, 3.05) is 41.3 Å². The molecule has 0 aromatic rings. The molecule has 4 N–H and O–H groups in total. The fraction of sp³-hybridized carbons (Fsp3) is 0.556. The van der Waals surface area contributed by atoms with Crippen LogP contribution >= 0.6 is 0 Å². The predicted octanol–water partition coefficient (Wildman–Crippen LogP) is 6.16. The van der Waals surface area contributed by atoms with Crippen LogP contribution in [0, 0.1) is 11.8 Å². The molecule has 1 aliphatic heterocycles. The van der Waals surface area contributed by atoms with Gasteiger partial charge < -0.3 is 26.0 Å². The number of nitrogens with zero attached hydrogens (tertiary/aromatic N) is 2. The summed E-state index contributed by atoms with van der Waals surface area (Å²) in [5, 5.41) is 12.0. The van der Waals surface area contributed by atoms with E-state index in [9.17, 15) is 9.59 Å². The Bertz CT molecular complexity index is 1150. The second kappa shape index (κ2) is 24.6. The normalized spacial score (nSPS) is 16.5. The second-order valence-corrected chi connectivity index (χ2v) is 10.7. The van der Waals surface area contributed by atoms with Crippen molar-refractivity contribution in [3.05, 3.63) is 70.8 Å². The van der Waals surface area contributed by atoms with Gasteiger partial charge in [0.25, 0.3) is 5.91 Å². The lowest BCUT2D eigenvalue weighted by atomic mass is 9.98. The van der Waals surface area contributed by atoms with Gasteiger partial charge in [-0.2, -0.15) is 0 Å². The van der Waals surface area contributed by atoms with Crippen LogP contribution < -0.4 is 21.3 Å². The van der Waals surface area contributed by atoms with Crippen molar-refractivity contribution in [3.63, 3.8) is 0 Å². The third-order valence-electron chi connectivity index (χ3n) is 6.69. The summed E-state index contributed by atoms with van der Waals surface area (Å²) in [5.74, 6) is 1.49. The van der Waals surface area contributed by atoms with E-state index >= 15 is 0 Å². The number of carbonyl (C=O) groups excluding carboxylic acids is 2. The number of aliphatic imine (C=N–C) groups is 2. The first-order chi connectivity index (χ1) is 21.7. The van der Waals surface area contributed by atoms with Gasteiger partial charge in [0, 0.05) is 44.9 Å². The van der Waals surface area contributed by atoms with Crippen LogP contribution in [0.3, 0.4) is 0 Å². The van der Waals surface area contributed by atoms with E-state index in [1.807, 2.05) is 39.0 Å². The number of ether oxygens (including phenoxy) is 1. The molecule has 2 amide bonds. The van der Waals surface area contributed by atoms with Crippen molar-refractivity contribution in [1.29, 1.82) is 0 Å². The fourth-order valence-electron chi connectivity index (χ4n) is 4.20. The second-order valence-electron chi connectivity index (χ2n) is 10.7. The minimum atomic E-state index is -0.286. The van der Waals surface area contributed by atoms with Crippen LogP contribution in [0.4, 0.5) is 0 Å². The van der Waals surface area contributed by atoms with Crippen molar-refractivity contribution >= 4 is 23.9 Å². The minimum Gasteiger partial charge on any atom is -0.494 e. The molecule has 0 unspecified atom stereocenters. The Balaban J connectivity index is 0.00000164. The molecule has 1 saturated carbocycles. The highest BCUT2D eigenvalue weighted by Gasteiger charge is 2.30. The largest absolute Gasteiger partial charge is 0.494 e. The molecular weight excluding hydrogens is 564 g/mol. The molecule has 9 heteroatoms. The number of amidine groups is 1. The third kappa shape index (κ3) is 15.7. The molecule has 2 aliphatic rings. The molecular formula is C36H60N6O3. The minimum absolute atomic E-state index is 0.0158. The van der Waals surface area contributed by atoms with E-state index in [-0.39, 0.29) is 17.7 Å². The molecule has 252 valence electrons. The number of nitrogens with one attached hydrogen (secondary N) is 4. The van der Waals surface area contributed by atoms with E-state index in [4.69, 9.17) is 4.74 Å². The lowest BCUT2D eigenvalue weighted by Crippen LogP contribution is -2.41. The number of amides is 2. The van der Waals surface area contributed by atoms with Gasteiger partial charge in [-0.25, -0.2) is 0 Å². The lowest BCUT2D eigenvalue weighted by Gasteiger charge is -2.26. The molecule has 0 aromatic carbocycles. The van der Waals surface area contributed by atoms with E-state index in [2.05, 4.69) is 58.6 Å². The summed E-state index contributed by atoms with van der Waals surface area (Å²) < 4.78 is 5.74. The first-order valence-corrected chi connectivity index (χ1v) is 16.2. The summed E-state index contributed by atoms with van der Waals surface area (Å²) in [6.45, 7) is 19.0. The van der Waals surface area contributed by atoms with Crippen LogP contribution in [-0.4, -0.2) is 65.2 Å². The predicted molar refractivity (Wildman–Crippen MR) is 191 cm³/mol. The van der Waals surface area contributed by atoms with Crippen LogP contribution in [0.5, 0.6) is 0 Å². The van der Waals surface area contributed by atoms with Crippen molar-refractivity contribution in [1.82, 2.24) is 21.3 Å². The summed E-state index contributed by atoms with van der Waals surface area (Å²) in [5.41, 5.74) is 2.85. The molecule has 0 spiro atoms. The van der Waals surface area contributed by atoms with Gasteiger partial charge in [0.2, 0.25) is 5.91 Å². The van der Waals surface area contributed by atoms with E-state index in [1.165, 1.54) is 32.4 Å². The molecule has 1 aliphatic carbocycles. The molecule has 9 nitrogen and oxygen atoms in total. The summed E-state index contributed by atoms with van der Waals surface area (Å²) >= 11 is 0. The Morgan fingerprint density at radius 1 is 1.07 bits per heavy atom. The van der Waals surface area contributed by atoms with Crippen LogP contribution in [-0.2, 0) is 14.3 Å². The summed E-state index contributed by atoms with van der Waals surface area (Å²) in [6.07, 6.45) is 17.3. The van der Waals surface area contributed by atoms with Crippen molar-refractivity contribution in [2.45, 2.75) is 80.1 Å². The average Bonchev–Trinajstić information content (AvgIpc) is 3.86. The zero-order valence-corrected chi connectivity index (χ0v) is 29.6. The number of likely N-dealkylation sites (N-methyl/N-ethyl adjacent to an activating group) is 1. The average molecular weight is 625 g/mol. The molecule has 2 rings (SSSR count). The van der Waals surface area contributed by atoms with Crippen LogP contribution in [0.1, 0.15) is 80.1 Å². The van der Waals surface area contributed by atoms with Crippen LogP contribution in [0.2, 0.25) is 0 Å². The van der Waals surface area contributed by atoms with Gasteiger partial charge in [-0.1, -0.05) is 71.4 Å². The van der Waals surface area contributed by atoms with E-state index in [0.717, 1.165) is 29.9 Å². The zero-order valence-electron chi connectivity index (χ0n) is 29.6. The highest BCUT2D eigenvalue weighted by Crippen LogP contribution is 2.29. The van der Waals surface area contributed by atoms with Crippen molar-refractivity contribution in [3.8, 4) is 0 Å². The lowest BCUT2D eigenvalue weighted by molar-refractivity contribution is -0.120. The van der Waals surface area contributed by atoms with Crippen LogP contribution in [0.25, 0.3) is 0 Å². The first kappa shape index (κ1) is 41.3. The highest BCUT2D eigenvalue weighted by atomic mass is 16.5. The quantitative estimate of drug-likeness (QED) is 0.0608. The van der Waals surface area contributed by atoms with Gasteiger partial charge in [0.1, 0.15) is 11.6 Å². The third-order valence-corrected chi connectivity index (χ3v) is 6.69. The number of methoxy groups -OCH3 is 1. The number of carbonyl (C=O) groups is 2. The van der Waals surface area contributed by atoms with E-state index < -0.39 is 0 Å². The monoisotopic (exact) mass is 624 g/mol. The molecule has 1 saturated heterocycles. The molecule has 45 heavy (non-hydrogen) atoms. The first-order valence-electron chi connectivity index (χ1n) is 16.2. The summed E-state index contributed by atoms with van der Waals surface area (Å²) in [7, 11) is 6.41. The summed E-state index contributed by atoms with van der Waals surface area (Å²) in [6, 6.07) is 0. The Labute approximate surface area is 273 Å². The van der Waals surface area contributed by atoms with Gasteiger partial charge in [0.15, 0.2) is 0 Å². The van der Waals surface area contributed by atoms with Crippen molar-refractivity contribution < 1.29 is 14.3 Å². The van der Waals surface area contributed by atoms with E-state index in [0.29, 0.717) is 35.0 Å². The molecule has 2 fully saturated rings. The molecule has 0 bridgehead atoms. The Morgan fingerprint density at radius 2 is 1.71 bits per heavy atom. The van der Waals surface area contributed by atoms with Gasteiger partial charge >= 0.3 is 0 Å². The standard InChI is InChI=1S/C27H39N5O3.C6H13N.C3H8/c1-9-12-21(19(11-3)17-28-5)25(35-8)18(4)31-23(22(13-10-2)27(34)30-7)16-24(29-6)32-26(33)20-14-15-20;1-2-3-6-4-7-5-6;1-3-2/h9,11-13,16-17,20,31H,4,10,14-15H2,1-3,5-8H3,(H,30,34)(H,29,32,33);6-7H,2-5H2,1H3;3H2,1-2H3/b12-9-,19-11+,22-13-,23-16+,25-21-,28-17?;;. The molecule has 0 atom stereocenters. The SMILES string of the molecule is C=C(NC(=C/C(=NC)NC(=O)C1CC1)/C(=C/CC)C(=O)NC)/C(OC)=C(\C=C/C)C(/C=NC)=C/C.CCC.CCCC1CNC1. The Hall–Kier alpha value is -3.72. The molecule has 1 heterocycles. The van der Waals surface area contributed by atoms with Gasteiger partial charge in [-0.3, -0.25) is 19.6 Å².